The number of hydrogen-bond acceptors (Lipinski definition) is 4. The number of aromatic hydroxyl groups is 4. The molecule has 2 aromatic carbocycles. The van der Waals surface area contributed by atoms with Gasteiger partial charge in [0.25, 0.3) is 0 Å². The summed E-state index contributed by atoms with van der Waals surface area (Å²) in [5.41, 5.74) is -1.36. The summed E-state index contributed by atoms with van der Waals surface area (Å²) in [7, 11) is 0. The number of benzene rings is 2. The fourth-order valence-corrected chi connectivity index (χ4v) is 2.66. The molecule has 0 radical (unpaired) electrons. The van der Waals surface area contributed by atoms with Gasteiger partial charge in [0.2, 0.25) is 11.5 Å². The van der Waals surface area contributed by atoms with Gasteiger partial charge in [-0.1, -0.05) is 12.1 Å². The summed E-state index contributed by atoms with van der Waals surface area (Å²) in [5, 5.41) is 38.7. The molecule has 4 nitrogen and oxygen atoms in total. The molecule has 0 bridgehead atoms. The highest BCUT2D eigenvalue weighted by atomic mass is 19.4. The Balaban J connectivity index is 2.42. The summed E-state index contributed by atoms with van der Waals surface area (Å²) < 4.78 is 39.3. The molecule has 2 aromatic rings. The highest BCUT2D eigenvalue weighted by molar-refractivity contribution is 5.90. The monoisotopic (exact) mass is 298 g/mol. The Morgan fingerprint density at radius 1 is 0.810 bits per heavy atom. The van der Waals surface area contributed by atoms with Gasteiger partial charge < -0.3 is 20.4 Å². The molecule has 110 valence electrons. The molecule has 0 fully saturated rings. The van der Waals surface area contributed by atoms with Crippen molar-refractivity contribution in [3.8, 4) is 34.1 Å². The van der Waals surface area contributed by atoms with Crippen LogP contribution in [0.5, 0.6) is 23.0 Å². The molecule has 0 unspecified atom stereocenters. The van der Waals surface area contributed by atoms with E-state index in [1.54, 1.807) is 0 Å². The normalized spacial score (nSPS) is 13.1. The summed E-state index contributed by atoms with van der Waals surface area (Å²) >= 11 is 0. The van der Waals surface area contributed by atoms with Crippen molar-refractivity contribution in [2.45, 2.75) is 12.6 Å². The average molecular weight is 298 g/mol. The minimum Gasteiger partial charge on any atom is -0.504 e. The quantitative estimate of drug-likeness (QED) is 0.380. The SMILES string of the molecule is Oc1c(O)c(O)c2c(c1O)Cc1cccc(C(F)(F)F)c1-2. The van der Waals surface area contributed by atoms with Crippen LogP contribution in [0.25, 0.3) is 11.1 Å². The van der Waals surface area contributed by atoms with Crippen molar-refractivity contribution in [2.75, 3.05) is 0 Å². The standard InChI is InChI=1S/C14H9F3O4/c15-14(16,17)7-3-1-2-5-4-6-9(8(5)7)11(19)13(21)12(20)10(6)18/h1-3,18-21H,4H2. The molecule has 1 aliphatic carbocycles. The zero-order chi connectivity index (χ0) is 15.5. The highest BCUT2D eigenvalue weighted by Gasteiger charge is 2.40. The molecule has 0 saturated heterocycles. The molecule has 4 N–H and O–H groups in total. The van der Waals surface area contributed by atoms with Gasteiger partial charge in [0, 0.05) is 23.1 Å². The Kier molecular flexibility index (Phi) is 2.54. The minimum atomic E-state index is -4.65. The van der Waals surface area contributed by atoms with Crippen LogP contribution in [-0.2, 0) is 12.6 Å². The number of alkyl halides is 3. The van der Waals surface area contributed by atoms with E-state index in [0.29, 0.717) is 0 Å². The van der Waals surface area contributed by atoms with Crippen LogP contribution in [0.2, 0.25) is 0 Å². The molecule has 21 heavy (non-hydrogen) atoms. The van der Waals surface area contributed by atoms with E-state index in [-0.39, 0.29) is 28.7 Å². The summed E-state index contributed by atoms with van der Waals surface area (Å²) in [4.78, 5) is 0. The van der Waals surface area contributed by atoms with Crippen molar-refractivity contribution < 1.29 is 33.6 Å². The lowest BCUT2D eigenvalue weighted by Gasteiger charge is -2.15. The third kappa shape index (κ3) is 1.70. The number of phenolic OH excluding ortho intramolecular Hbond substituents is 4. The predicted molar refractivity (Wildman–Crippen MR) is 66.3 cm³/mol. The van der Waals surface area contributed by atoms with Crippen molar-refractivity contribution in [1.29, 1.82) is 0 Å². The second-order valence-corrected chi connectivity index (χ2v) is 4.76. The molecule has 7 heteroatoms. The summed E-state index contributed by atoms with van der Waals surface area (Å²) in [6.07, 6.45) is -4.73. The Bertz CT molecular complexity index is 766. The molecule has 3 rings (SSSR count). The zero-order valence-electron chi connectivity index (χ0n) is 10.4. The average Bonchev–Trinajstić information content (AvgIpc) is 2.81. The van der Waals surface area contributed by atoms with Crippen LogP contribution in [0.1, 0.15) is 16.7 Å². The van der Waals surface area contributed by atoms with Crippen LogP contribution >= 0.6 is 0 Å². The fraction of sp³-hybridized carbons (Fsp3) is 0.143. The van der Waals surface area contributed by atoms with Crippen molar-refractivity contribution in [1.82, 2.24) is 0 Å². The van der Waals surface area contributed by atoms with Gasteiger partial charge in [-0.2, -0.15) is 13.2 Å². The predicted octanol–water partition coefficient (Wildman–Crippen LogP) is 3.10. The topological polar surface area (TPSA) is 80.9 Å². The maximum atomic E-state index is 13.1. The molecule has 0 aromatic heterocycles. The van der Waals surface area contributed by atoms with Crippen LogP contribution < -0.4 is 0 Å². The van der Waals surface area contributed by atoms with E-state index in [1.165, 1.54) is 12.1 Å². The lowest BCUT2D eigenvalue weighted by Crippen LogP contribution is -2.07. The first-order valence-electron chi connectivity index (χ1n) is 5.91. The van der Waals surface area contributed by atoms with E-state index in [4.69, 9.17) is 0 Å². The van der Waals surface area contributed by atoms with Crippen molar-refractivity contribution in [3.63, 3.8) is 0 Å². The van der Waals surface area contributed by atoms with Gasteiger partial charge >= 0.3 is 6.18 Å². The lowest BCUT2D eigenvalue weighted by molar-refractivity contribution is -0.137. The maximum absolute atomic E-state index is 13.1. The minimum absolute atomic E-state index is 0.0468. The van der Waals surface area contributed by atoms with Crippen LogP contribution in [0.3, 0.4) is 0 Å². The van der Waals surface area contributed by atoms with E-state index in [9.17, 15) is 33.6 Å². The first kappa shape index (κ1) is 13.4. The maximum Gasteiger partial charge on any atom is 0.417 e. The first-order chi connectivity index (χ1) is 9.73. The Labute approximate surface area is 116 Å². The van der Waals surface area contributed by atoms with Gasteiger partial charge in [0.15, 0.2) is 11.5 Å². The van der Waals surface area contributed by atoms with Gasteiger partial charge in [-0.05, 0) is 11.6 Å². The van der Waals surface area contributed by atoms with Crippen LogP contribution in [0.4, 0.5) is 13.2 Å². The second-order valence-electron chi connectivity index (χ2n) is 4.76. The molecule has 0 heterocycles. The van der Waals surface area contributed by atoms with Crippen molar-refractivity contribution in [3.05, 3.63) is 34.9 Å². The Hall–Kier alpha value is -2.57. The van der Waals surface area contributed by atoms with Gasteiger partial charge in [-0.25, -0.2) is 0 Å². The third-order valence-corrected chi connectivity index (χ3v) is 3.57. The number of hydrogen-bond donors (Lipinski definition) is 4. The molecular formula is C14H9F3O4. The summed E-state index contributed by atoms with van der Waals surface area (Å²) in [5.74, 6) is -3.61. The van der Waals surface area contributed by atoms with Gasteiger partial charge in [0.05, 0.1) is 5.56 Å². The van der Waals surface area contributed by atoms with Gasteiger partial charge in [0.1, 0.15) is 0 Å². The molecular weight excluding hydrogens is 289 g/mol. The van der Waals surface area contributed by atoms with Crippen LogP contribution in [0, 0.1) is 0 Å². The molecule has 0 saturated carbocycles. The zero-order valence-corrected chi connectivity index (χ0v) is 10.4. The molecule has 0 atom stereocenters. The number of halogens is 3. The van der Waals surface area contributed by atoms with E-state index >= 15 is 0 Å². The van der Waals surface area contributed by atoms with E-state index in [0.717, 1.165) is 6.07 Å². The number of rotatable bonds is 0. The number of fused-ring (bicyclic) bond motifs is 3. The smallest absolute Gasteiger partial charge is 0.417 e. The third-order valence-electron chi connectivity index (χ3n) is 3.57. The summed E-state index contributed by atoms with van der Waals surface area (Å²) in [6.45, 7) is 0. The van der Waals surface area contributed by atoms with Crippen LogP contribution in [-0.4, -0.2) is 20.4 Å². The Morgan fingerprint density at radius 3 is 2.05 bits per heavy atom. The highest BCUT2D eigenvalue weighted by Crippen LogP contribution is 2.57. The first-order valence-corrected chi connectivity index (χ1v) is 5.91. The van der Waals surface area contributed by atoms with Crippen molar-refractivity contribution >= 4 is 0 Å². The molecule has 0 spiro atoms. The van der Waals surface area contributed by atoms with Crippen molar-refractivity contribution in [2.24, 2.45) is 0 Å². The van der Waals surface area contributed by atoms with E-state index in [2.05, 4.69) is 0 Å². The fourth-order valence-electron chi connectivity index (χ4n) is 2.66. The lowest BCUT2D eigenvalue weighted by atomic mass is 9.97. The molecule has 0 amide bonds. The van der Waals surface area contributed by atoms with Gasteiger partial charge in [-0.15, -0.1) is 0 Å². The second kappa shape index (κ2) is 3.97. The van der Waals surface area contributed by atoms with E-state index < -0.39 is 34.7 Å². The van der Waals surface area contributed by atoms with E-state index in [1.807, 2.05) is 0 Å². The van der Waals surface area contributed by atoms with Gasteiger partial charge in [-0.3, -0.25) is 0 Å². The molecule has 1 aliphatic rings. The molecule has 0 aliphatic heterocycles. The Morgan fingerprint density at radius 2 is 1.43 bits per heavy atom. The summed E-state index contributed by atoms with van der Waals surface area (Å²) in [6, 6.07) is 3.51. The number of phenols is 4. The van der Waals surface area contributed by atoms with Crippen LogP contribution in [0.15, 0.2) is 18.2 Å². The largest absolute Gasteiger partial charge is 0.504 e.